The second-order valence-corrected chi connectivity index (χ2v) is 10.7. The van der Waals surface area contributed by atoms with Crippen LogP contribution in [0.5, 0.6) is 0 Å². The highest BCUT2D eigenvalue weighted by atomic mass is 32.2. The summed E-state index contributed by atoms with van der Waals surface area (Å²) in [7, 11) is -4.14. The fourth-order valence-corrected chi connectivity index (χ4v) is 5.63. The van der Waals surface area contributed by atoms with Crippen LogP contribution in [0.15, 0.2) is 29.2 Å². The Balaban J connectivity index is 1.80. The average Bonchev–Trinajstić information content (AvgIpc) is 2.83. The number of nitro benzene ring substituents is 1. The Morgan fingerprint density at radius 3 is 2.20 bits per heavy atom. The van der Waals surface area contributed by atoms with Gasteiger partial charge in [0.2, 0.25) is 15.9 Å². The van der Waals surface area contributed by atoms with Gasteiger partial charge in [0.25, 0.3) is 5.69 Å². The molecule has 1 aliphatic rings. The number of amides is 1. The summed E-state index contributed by atoms with van der Waals surface area (Å²) < 4.78 is 32.4. The highest BCUT2D eigenvalue weighted by Crippen LogP contribution is 2.24. The number of carbonyl (C=O) groups is 2. The van der Waals surface area contributed by atoms with Gasteiger partial charge in [0.1, 0.15) is 6.04 Å². The minimum absolute atomic E-state index is 0.0124. The lowest BCUT2D eigenvalue weighted by molar-refractivity contribution is -0.384. The normalized spacial score (nSPS) is 16.6. The first-order valence-corrected chi connectivity index (χ1v) is 13.9. The molecular formula is C24H37N3O7S. The molecule has 196 valence electrons. The van der Waals surface area contributed by atoms with Crippen LogP contribution in [0.3, 0.4) is 0 Å². The Bertz CT molecular complexity index is 935. The van der Waals surface area contributed by atoms with Gasteiger partial charge in [-0.2, -0.15) is 4.31 Å². The van der Waals surface area contributed by atoms with E-state index in [0.717, 1.165) is 54.3 Å². The highest BCUT2D eigenvalue weighted by molar-refractivity contribution is 7.89. The molecule has 1 aliphatic heterocycles. The minimum Gasteiger partial charge on any atom is -0.466 e. The summed E-state index contributed by atoms with van der Waals surface area (Å²) in [5.74, 6) is -1.20. The van der Waals surface area contributed by atoms with E-state index in [1.807, 2.05) is 0 Å². The van der Waals surface area contributed by atoms with Crippen LogP contribution in [-0.4, -0.2) is 55.3 Å². The van der Waals surface area contributed by atoms with Gasteiger partial charge in [-0.25, -0.2) is 8.42 Å². The lowest BCUT2D eigenvalue weighted by Crippen LogP contribution is -2.57. The molecule has 0 aliphatic carbocycles. The average molecular weight is 512 g/mol. The number of nitro groups is 1. The van der Waals surface area contributed by atoms with E-state index < -0.39 is 39.3 Å². The van der Waals surface area contributed by atoms with Gasteiger partial charge in [0.05, 0.1) is 22.8 Å². The van der Waals surface area contributed by atoms with E-state index >= 15 is 0 Å². The van der Waals surface area contributed by atoms with Crippen molar-refractivity contribution in [2.24, 2.45) is 0 Å². The van der Waals surface area contributed by atoms with Crippen LogP contribution in [0, 0.1) is 10.1 Å². The van der Waals surface area contributed by atoms with Gasteiger partial charge in [-0.15, -0.1) is 0 Å². The zero-order valence-electron chi connectivity index (χ0n) is 20.4. The van der Waals surface area contributed by atoms with E-state index in [0.29, 0.717) is 0 Å². The number of carbonyl (C=O) groups excluding carboxylic acids is 2. The molecule has 2 rings (SSSR count). The number of benzene rings is 1. The van der Waals surface area contributed by atoms with Crippen molar-refractivity contribution in [2.75, 3.05) is 19.7 Å². The molecule has 1 fully saturated rings. The summed E-state index contributed by atoms with van der Waals surface area (Å²) >= 11 is 0. The summed E-state index contributed by atoms with van der Waals surface area (Å²) in [5.41, 5.74) is -0.243. The van der Waals surface area contributed by atoms with Gasteiger partial charge in [0.15, 0.2) is 0 Å². The Labute approximate surface area is 207 Å². The van der Waals surface area contributed by atoms with Gasteiger partial charge in [-0.1, -0.05) is 64.7 Å². The monoisotopic (exact) mass is 511 g/mol. The van der Waals surface area contributed by atoms with Crippen molar-refractivity contribution in [1.29, 1.82) is 0 Å². The highest BCUT2D eigenvalue weighted by Gasteiger charge is 2.40. The second kappa shape index (κ2) is 14.8. The van der Waals surface area contributed by atoms with Gasteiger partial charge >= 0.3 is 5.97 Å². The summed E-state index contributed by atoms with van der Waals surface area (Å²) in [4.78, 5) is 34.8. The van der Waals surface area contributed by atoms with Gasteiger partial charge in [-0.3, -0.25) is 19.7 Å². The predicted octanol–water partition coefficient (Wildman–Crippen LogP) is 3.94. The number of esters is 1. The maximum Gasteiger partial charge on any atom is 0.307 e. The third-order valence-electron chi connectivity index (χ3n) is 6.06. The first kappa shape index (κ1) is 28.7. The van der Waals surface area contributed by atoms with Crippen LogP contribution in [0.2, 0.25) is 0 Å². The first-order chi connectivity index (χ1) is 16.8. The molecule has 0 bridgehead atoms. The standard InChI is InChI=1S/C24H37N3O7S/c1-2-3-4-5-6-7-8-9-10-11-18-34-23(28)19-22-24(29)25-16-17-26(22)35(32,33)21-14-12-20(13-15-21)27(30)31/h12-15,22H,2-11,16-19H2,1H3,(H,25,29). The molecule has 0 saturated carbocycles. The number of unbranched alkanes of at least 4 members (excludes halogenated alkanes) is 9. The summed E-state index contributed by atoms with van der Waals surface area (Å²) in [5, 5.41) is 13.4. The molecule has 0 radical (unpaired) electrons. The number of piperazine rings is 1. The molecule has 1 atom stereocenters. The van der Waals surface area contributed by atoms with Crippen molar-refractivity contribution < 1.29 is 27.7 Å². The third-order valence-corrected chi connectivity index (χ3v) is 7.98. The number of hydrogen-bond donors (Lipinski definition) is 1. The number of ether oxygens (including phenoxy) is 1. The summed E-state index contributed by atoms with van der Waals surface area (Å²) in [6, 6.07) is 3.20. The molecule has 0 aromatic heterocycles. The largest absolute Gasteiger partial charge is 0.466 e. The van der Waals surface area contributed by atoms with E-state index in [1.54, 1.807) is 0 Å². The van der Waals surface area contributed by atoms with Gasteiger partial charge < -0.3 is 10.1 Å². The Morgan fingerprint density at radius 1 is 1.06 bits per heavy atom. The van der Waals surface area contributed by atoms with Crippen LogP contribution in [0.1, 0.15) is 77.6 Å². The van der Waals surface area contributed by atoms with Crippen molar-refractivity contribution in [2.45, 2.75) is 88.5 Å². The molecule has 1 aromatic carbocycles. The van der Waals surface area contributed by atoms with Crippen molar-refractivity contribution in [3.63, 3.8) is 0 Å². The van der Waals surface area contributed by atoms with Gasteiger partial charge in [0, 0.05) is 25.2 Å². The summed E-state index contributed by atoms with van der Waals surface area (Å²) in [6.45, 7) is 2.53. The Kier molecular flexibility index (Phi) is 12.1. The molecule has 35 heavy (non-hydrogen) atoms. The minimum atomic E-state index is -4.14. The van der Waals surface area contributed by atoms with E-state index in [1.165, 1.54) is 38.5 Å². The number of hydrogen-bond acceptors (Lipinski definition) is 7. The Hall–Kier alpha value is -2.53. The topological polar surface area (TPSA) is 136 Å². The predicted molar refractivity (Wildman–Crippen MR) is 131 cm³/mol. The lowest BCUT2D eigenvalue weighted by Gasteiger charge is -2.33. The maximum atomic E-state index is 13.1. The van der Waals surface area contributed by atoms with E-state index in [9.17, 15) is 28.1 Å². The molecular weight excluding hydrogens is 474 g/mol. The van der Waals surface area contributed by atoms with E-state index in [2.05, 4.69) is 12.2 Å². The smallest absolute Gasteiger partial charge is 0.307 e. The molecule has 1 amide bonds. The van der Waals surface area contributed by atoms with Crippen molar-refractivity contribution >= 4 is 27.6 Å². The lowest BCUT2D eigenvalue weighted by atomic mass is 10.1. The SMILES string of the molecule is CCCCCCCCCCCCOC(=O)CC1C(=O)NCCN1S(=O)(=O)c1ccc([N+](=O)[O-])cc1. The van der Waals surface area contributed by atoms with Crippen molar-refractivity contribution in [3.8, 4) is 0 Å². The zero-order valence-corrected chi connectivity index (χ0v) is 21.3. The number of rotatable bonds is 16. The van der Waals surface area contributed by atoms with Crippen molar-refractivity contribution in [3.05, 3.63) is 34.4 Å². The zero-order chi connectivity index (χ0) is 25.7. The second-order valence-electron chi connectivity index (χ2n) is 8.78. The number of non-ortho nitro benzene ring substituents is 1. The molecule has 10 nitrogen and oxygen atoms in total. The molecule has 1 unspecified atom stereocenters. The molecule has 1 N–H and O–H groups in total. The third kappa shape index (κ3) is 9.21. The molecule has 0 spiro atoms. The maximum absolute atomic E-state index is 13.1. The fourth-order valence-electron chi connectivity index (χ4n) is 4.04. The molecule has 11 heteroatoms. The molecule has 1 heterocycles. The number of nitrogens with one attached hydrogen (secondary N) is 1. The van der Waals surface area contributed by atoms with Crippen LogP contribution in [0.4, 0.5) is 5.69 Å². The fraction of sp³-hybridized carbons (Fsp3) is 0.667. The van der Waals surface area contributed by atoms with Crippen LogP contribution in [0.25, 0.3) is 0 Å². The number of sulfonamides is 1. The quantitative estimate of drug-likeness (QED) is 0.154. The first-order valence-electron chi connectivity index (χ1n) is 12.5. The molecule has 1 aromatic rings. The van der Waals surface area contributed by atoms with E-state index in [-0.39, 0.29) is 30.3 Å². The van der Waals surface area contributed by atoms with E-state index in [4.69, 9.17) is 4.74 Å². The Morgan fingerprint density at radius 2 is 1.63 bits per heavy atom. The van der Waals surface area contributed by atoms with Gasteiger partial charge in [-0.05, 0) is 18.6 Å². The summed E-state index contributed by atoms with van der Waals surface area (Å²) in [6.07, 6.45) is 11.2. The van der Waals surface area contributed by atoms with Crippen LogP contribution in [-0.2, 0) is 24.3 Å². The van der Waals surface area contributed by atoms with Crippen LogP contribution < -0.4 is 5.32 Å². The van der Waals surface area contributed by atoms with Crippen molar-refractivity contribution in [1.82, 2.24) is 9.62 Å². The molecule has 1 saturated heterocycles. The van der Waals surface area contributed by atoms with Crippen LogP contribution >= 0.6 is 0 Å². The number of nitrogens with zero attached hydrogens (tertiary/aromatic N) is 2.